The van der Waals surface area contributed by atoms with E-state index < -0.39 is 5.41 Å². The Bertz CT molecular complexity index is 601. The van der Waals surface area contributed by atoms with Crippen molar-refractivity contribution in [1.82, 2.24) is 10.2 Å². The number of carbonyl (C=O) groups excluding carboxylic acids is 2. The molecule has 1 saturated carbocycles. The van der Waals surface area contributed by atoms with Crippen molar-refractivity contribution >= 4 is 40.7 Å². The Kier molecular flexibility index (Phi) is 5.89. The van der Waals surface area contributed by atoms with Crippen molar-refractivity contribution in [3.63, 3.8) is 0 Å². The molecule has 0 radical (unpaired) electrons. The van der Waals surface area contributed by atoms with Crippen molar-refractivity contribution < 1.29 is 9.59 Å². The number of hydrogen-bond acceptors (Lipinski definition) is 3. The summed E-state index contributed by atoms with van der Waals surface area (Å²) in [6.45, 7) is 1.45. The molecule has 0 bridgehead atoms. The molecule has 0 saturated heterocycles. The second kappa shape index (κ2) is 7.51. The van der Waals surface area contributed by atoms with Crippen LogP contribution in [0.1, 0.15) is 19.3 Å². The maximum atomic E-state index is 12.5. The van der Waals surface area contributed by atoms with Crippen LogP contribution in [-0.4, -0.2) is 43.9 Å². The van der Waals surface area contributed by atoms with Crippen LogP contribution in [0, 0.1) is 5.41 Å². The summed E-state index contributed by atoms with van der Waals surface area (Å²) < 4.78 is 0. The van der Waals surface area contributed by atoms with Crippen molar-refractivity contribution in [2.75, 3.05) is 32.5 Å². The normalized spacial score (nSPS) is 15.3. The number of halogens is 2. The van der Waals surface area contributed by atoms with Gasteiger partial charge in [-0.25, -0.2) is 0 Å². The van der Waals surface area contributed by atoms with Gasteiger partial charge in [0.2, 0.25) is 11.8 Å². The summed E-state index contributed by atoms with van der Waals surface area (Å²) in [7, 11) is 3.96. The van der Waals surface area contributed by atoms with Crippen LogP contribution in [0.3, 0.4) is 0 Å². The number of amides is 2. The van der Waals surface area contributed by atoms with Gasteiger partial charge in [-0.3, -0.25) is 9.59 Å². The van der Waals surface area contributed by atoms with Gasteiger partial charge in [0.1, 0.15) is 5.41 Å². The van der Waals surface area contributed by atoms with Gasteiger partial charge in [-0.05, 0) is 58.1 Å². The standard InChI is InChI=1S/C16H21Cl2N3O2/c1-21(2)9-3-8-19-14(22)16(6-7-16)15(23)20-13-10-11(17)4-5-12(13)18/h4-5,10H,3,6-9H2,1-2H3,(H,19,22)(H,20,23). The summed E-state index contributed by atoms with van der Waals surface area (Å²) in [6.07, 6.45) is 1.95. The van der Waals surface area contributed by atoms with Gasteiger partial charge >= 0.3 is 0 Å². The second-order valence-corrected chi connectivity index (χ2v) is 6.92. The van der Waals surface area contributed by atoms with E-state index in [-0.39, 0.29) is 11.8 Å². The smallest absolute Gasteiger partial charge is 0.240 e. The number of rotatable bonds is 7. The molecule has 0 unspecified atom stereocenters. The van der Waals surface area contributed by atoms with E-state index in [2.05, 4.69) is 10.6 Å². The molecular formula is C16H21Cl2N3O2. The molecule has 1 fully saturated rings. The second-order valence-electron chi connectivity index (χ2n) is 6.07. The van der Waals surface area contributed by atoms with Crippen molar-refractivity contribution in [2.45, 2.75) is 19.3 Å². The van der Waals surface area contributed by atoms with Crippen molar-refractivity contribution in [3.05, 3.63) is 28.2 Å². The van der Waals surface area contributed by atoms with Crippen molar-refractivity contribution in [2.24, 2.45) is 5.41 Å². The number of benzene rings is 1. The number of nitrogens with zero attached hydrogens (tertiary/aromatic N) is 1. The molecule has 1 aliphatic carbocycles. The molecule has 0 atom stereocenters. The highest BCUT2D eigenvalue weighted by Crippen LogP contribution is 2.47. The molecule has 7 heteroatoms. The van der Waals surface area contributed by atoms with Gasteiger partial charge in [0.25, 0.3) is 0 Å². The maximum absolute atomic E-state index is 12.5. The minimum absolute atomic E-state index is 0.216. The highest BCUT2D eigenvalue weighted by molar-refractivity contribution is 6.36. The zero-order valence-corrected chi connectivity index (χ0v) is 14.8. The molecule has 23 heavy (non-hydrogen) atoms. The Morgan fingerprint density at radius 3 is 2.52 bits per heavy atom. The summed E-state index contributed by atoms with van der Waals surface area (Å²) >= 11 is 12.0. The monoisotopic (exact) mass is 357 g/mol. The molecule has 2 rings (SSSR count). The minimum atomic E-state index is -0.968. The average Bonchev–Trinajstić information content (AvgIpc) is 3.28. The summed E-state index contributed by atoms with van der Waals surface area (Å²) in [4.78, 5) is 26.8. The van der Waals surface area contributed by atoms with Gasteiger partial charge < -0.3 is 15.5 Å². The molecule has 126 valence electrons. The molecule has 2 N–H and O–H groups in total. The topological polar surface area (TPSA) is 61.4 Å². The van der Waals surface area contributed by atoms with Crippen LogP contribution in [0.4, 0.5) is 5.69 Å². The lowest BCUT2D eigenvalue weighted by atomic mass is 10.0. The summed E-state index contributed by atoms with van der Waals surface area (Å²) in [5, 5.41) is 6.44. The first-order valence-corrected chi connectivity index (χ1v) is 8.30. The van der Waals surface area contributed by atoms with Gasteiger partial charge in [-0.15, -0.1) is 0 Å². The number of carbonyl (C=O) groups is 2. The van der Waals surface area contributed by atoms with E-state index in [4.69, 9.17) is 23.2 Å². The van der Waals surface area contributed by atoms with E-state index in [0.29, 0.717) is 35.1 Å². The lowest BCUT2D eigenvalue weighted by Crippen LogP contribution is -2.40. The maximum Gasteiger partial charge on any atom is 0.240 e. The van der Waals surface area contributed by atoms with Crippen LogP contribution in [0.25, 0.3) is 0 Å². The predicted molar refractivity (Wildman–Crippen MR) is 92.9 cm³/mol. The Hall–Kier alpha value is -1.30. The van der Waals surface area contributed by atoms with E-state index in [1.807, 2.05) is 19.0 Å². The van der Waals surface area contributed by atoms with Crippen LogP contribution in [0.2, 0.25) is 10.0 Å². The lowest BCUT2D eigenvalue weighted by molar-refractivity contribution is -0.134. The van der Waals surface area contributed by atoms with E-state index in [0.717, 1.165) is 13.0 Å². The Balaban J connectivity index is 1.93. The summed E-state index contributed by atoms with van der Waals surface area (Å²) in [5.41, 5.74) is -0.542. The van der Waals surface area contributed by atoms with E-state index in [1.54, 1.807) is 18.2 Å². The zero-order chi connectivity index (χ0) is 17.0. The lowest BCUT2D eigenvalue weighted by Gasteiger charge is -2.17. The average molecular weight is 358 g/mol. The van der Waals surface area contributed by atoms with E-state index >= 15 is 0 Å². The molecule has 5 nitrogen and oxygen atoms in total. The SMILES string of the molecule is CN(C)CCCNC(=O)C1(C(=O)Nc2cc(Cl)ccc2Cl)CC1. The van der Waals surface area contributed by atoms with Gasteiger partial charge in [0.05, 0.1) is 10.7 Å². The Morgan fingerprint density at radius 1 is 1.22 bits per heavy atom. The fraction of sp³-hybridized carbons (Fsp3) is 0.500. The quantitative estimate of drug-likeness (QED) is 0.582. The Morgan fingerprint density at radius 2 is 1.91 bits per heavy atom. The first-order chi connectivity index (χ1) is 10.8. The number of nitrogens with one attached hydrogen (secondary N) is 2. The highest BCUT2D eigenvalue weighted by atomic mass is 35.5. The van der Waals surface area contributed by atoms with Crippen LogP contribution in [-0.2, 0) is 9.59 Å². The molecule has 0 aromatic heterocycles. The van der Waals surface area contributed by atoms with Gasteiger partial charge in [-0.1, -0.05) is 23.2 Å². The molecule has 0 aliphatic heterocycles. The molecule has 1 aromatic carbocycles. The van der Waals surface area contributed by atoms with Crippen molar-refractivity contribution in [3.8, 4) is 0 Å². The minimum Gasteiger partial charge on any atom is -0.355 e. The summed E-state index contributed by atoms with van der Waals surface area (Å²) in [5.74, 6) is -0.543. The third-order valence-corrected chi connectivity index (χ3v) is 4.43. The third-order valence-electron chi connectivity index (χ3n) is 3.86. The Labute approximate surface area is 146 Å². The number of hydrogen-bond donors (Lipinski definition) is 2. The third kappa shape index (κ3) is 4.59. The van der Waals surface area contributed by atoms with Gasteiger partial charge in [-0.2, -0.15) is 0 Å². The van der Waals surface area contributed by atoms with Crippen molar-refractivity contribution in [1.29, 1.82) is 0 Å². The summed E-state index contributed by atoms with van der Waals surface area (Å²) in [6, 6.07) is 4.83. The molecule has 0 heterocycles. The van der Waals surface area contributed by atoms with Crippen LogP contribution in [0.15, 0.2) is 18.2 Å². The van der Waals surface area contributed by atoms with Crippen LogP contribution < -0.4 is 10.6 Å². The molecule has 0 spiro atoms. The molecule has 1 aromatic rings. The van der Waals surface area contributed by atoms with Gasteiger partial charge in [0.15, 0.2) is 0 Å². The van der Waals surface area contributed by atoms with Gasteiger partial charge in [0, 0.05) is 11.6 Å². The molecule has 2 amide bonds. The van der Waals surface area contributed by atoms with E-state index in [9.17, 15) is 9.59 Å². The fourth-order valence-corrected chi connectivity index (χ4v) is 2.62. The first kappa shape index (κ1) is 18.0. The fourth-order valence-electron chi connectivity index (χ4n) is 2.28. The zero-order valence-electron chi connectivity index (χ0n) is 13.3. The highest BCUT2D eigenvalue weighted by Gasteiger charge is 2.56. The largest absolute Gasteiger partial charge is 0.355 e. The van der Waals surface area contributed by atoms with E-state index in [1.165, 1.54) is 0 Å². The number of anilines is 1. The molecule has 1 aliphatic rings. The first-order valence-electron chi connectivity index (χ1n) is 7.55. The predicted octanol–water partition coefficient (Wildman–Crippen LogP) is 2.78. The van der Waals surface area contributed by atoms with Crippen LogP contribution in [0.5, 0.6) is 0 Å². The molecular weight excluding hydrogens is 337 g/mol. The van der Waals surface area contributed by atoms with Crippen LogP contribution >= 0.6 is 23.2 Å².